The smallest absolute Gasteiger partial charge is 0.0195 e. The van der Waals surface area contributed by atoms with E-state index in [-0.39, 0.29) is 5.41 Å². The summed E-state index contributed by atoms with van der Waals surface area (Å²) < 4.78 is 0. The van der Waals surface area contributed by atoms with Gasteiger partial charge in [0.25, 0.3) is 0 Å². The highest BCUT2D eigenvalue weighted by molar-refractivity contribution is 5.53. The summed E-state index contributed by atoms with van der Waals surface area (Å²) in [6, 6.07) is 42.2. The van der Waals surface area contributed by atoms with Crippen LogP contribution in [0.4, 0.5) is 0 Å². The number of hydrogen-bond donors (Lipinski definition) is 0. The maximum atomic E-state index is 2.34. The molecule has 0 bridgehead atoms. The lowest BCUT2D eigenvalue weighted by molar-refractivity contribution is 0.402. The molecule has 0 N–H and O–H groups in total. The normalized spacial score (nSPS) is 20.6. The van der Waals surface area contributed by atoms with E-state index in [1.54, 1.807) is 0 Å². The highest BCUT2D eigenvalue weighted by Crippen LogP contribution is 2.53. The summed E-state index contributed by atoms with van der Waals surface area (Å²) in [6.45, 7) is 0. The molecule has 0 nitrogen and oxygen atoms in total. The van der Waals surface area contributed by atoms with Crippen molar-refractivity contribution >= 4 is 0 Å². The van der Waals surface area contributed by atoms with E-state index in [9.17, 15) is 0 Å². The first kappa shape index (κ1) is 17.0. The summed E-state index contributed by atoms with van der Waals surface area (Å²) in [7, 11) is 0. The molecule has 0 spiro atoms. The molecule has 0 heterocycles. The van der Waals surface area contributed by atoms with Crippen molar-refractivity contribution in [3.63, 3.8) is 0 Å². The van der Waals surface area contributed by atoms with Crippen LogP contribution in [0, 0.1) is 0 Å². The van der Waals surface area contributed by atoms with Gasteiger partial charge in [0.05, 0.1) is 0 Å². The third-order valence-corrected chi connectivity index (χ3v) is 6.27. The van der Waals surface area contributed by atoms with E-state index in [0.29, 0.717) is 5.92 Å². The van der Waals surface area contributed by atoms with Crippen LogP contribution < -0.4 is 0 Å². The van der Waals surface area contributed by atoms with Crippen LogP contribution >= 0.6 is 0 Å². The number of rotatable bonds is 4. The zero-order valence-electron chi connectivity index (χ0n) is 16.0. The van der Waals surface area contributed by atoms with Crippen molar-refractivity contribution in [2.75, 3.05) is 0 Å². The Morgan fingerprint density at radius 2 is 1.18 bits per heavy atom. The number of benzene rings is 4. The minimum atomic E-state index is 0.0215. The van der Waals surface area contributed by atoms with Crippen molar-refractivity contribution in [1.29, 1.82) is 0 Å². The molecule has 0 amide bonds. The second-order valence-electron chi connectivity index (χ2n) is 7.90. The predicted octanol–water partition coefficient (Wildman–Crippen LogP) is 6.56. The highest BCUT2D eigenvalue weighted by atomic mass is 14.5. The summed E-state index contributed by atoms with van der Waals surface area (Å²) in [5.41, 5.74) is 7.23. The SMILES string of the molecule is c1ccc(C[C@]2(c3ccccc3)Cc3ccccc3[C@@H]2c2ccccc2)cc1. The summed E-state index contributed by atoms with van der Waals surface area (Å²) in [5, 5.41) is 0. The van der Waals surface area contributed by atoms with Gasteiger partial charge in [0.15, 0.2) is 0 Å². The molecule has 5 rings (SSSR count). The van der Waals surface area contributed by atoms with Crippen LogP contribution in [0.1, 0.15) is 33.7 Å². The topological polar surface area (TPSA) is 0 Å². The van der Waals surface area contributed by atoms with Crippen molar-refractivity contribution in [2.24, 2.45) is 0 Å². The summed E-state index contributed by atoms with van der Waals surface area (Å²) in [5.74, 6) is 0.354. The zero-order chi connectivity index (χ0) is 18.8. The van der Waals surface area contributed by atoms with E-state index in [0.717, 1.165) is 12.8 Å². The van der Waals surface area contributed by atoms with Crippen LogP contribution in [0.15, 0.2) is 115 Å². The first-order valence-corrected chi connectivity index (χ1v) is 10.1. The van der Waals surface area contributed by atoms with Gasteiger partial charge in [-0.3, -0.25) is 0 Å². The lowest BCUT2D eigenvalue weighted by atomic mass is 9.65. The average Bonchev–Trinajstić information content (AvgIpc) is 3.10. The lowest BCUT2D eigenvalue weighted by Gasteiger charge is -2.37. The average molecular weight is 361 g/mol. The van der Waals surface area contributed by atoms with Gasteiger partial charge in [-0.15, -0.1) is 0 Å². The van der Waals surface area contributed by atoms with Crippen LogP contribution in [0.5, 0.6) is 0 Å². The van der Waals surface area contributed by atoms with E-state index in [1.807, 2.05) is 0 Å². The molecule has 2 atom stereocenters. The predicted molar refractivity (Wildman–Crippen MR) is 117 cm³/mol. The molecule has 0 saturated carbocycles. The molecule has 0 aromatic heterocycles. The Balaban J connectivity index is 1.75. The molecule has 136 valence electrons. The van der Waals surface area contributed by atoms with E-state index >= 15 is 0 Å². The Kier molecular flexibility index (Phi) is 4.33. The van der Waals surface area contributed by atoms with Crippen molar-refractivity contribution in [3.8, 4) is 0 Å². The molecule has 28 heavy (non-hydrogen) atoms. The maximum Gasteiger partial charge on any atom is 0.0195 e. The van der Waals surface area contributed by atoms with Gasteiger partial charge >= 0.3 is 0 Å². The minimum Gasteiger partial charge on any atom is -0.0622 e. The lowest BCUT2D eigenvalue weighted by Crippen LogP contribution is -2.34. The molecule has 0 saturated heterocycles. The van der Waals surface area contributed by atoms with Gasteiger partial charge in [-0.2, -0.15) is 0 Å². The molecule has 0 fully saturated rings. The van der Waals surface area contributed by atoms with Crippen molar-refractivity contribution in [2.45, 2.75) is 24.2 Å². The van der Waals surface area contributed by atoms with E-state index < -0.39 is 0 Å². The molecular weight excluding hydrogens is 336 g/mol. The molecule has 0 radical (unpaired) electrons. The maximum absolute atomic E-state index is 2.34. The van der Waals surface area contributed by atoms with Gasteiger partial charge in [0.1, 0.15) is 0 Å². The van der Waals surface area contributed by atoms with Crippen LogP contribution in [0.3, 0.4) is 0 Å². The first-order valence-electron chi connectivity index (χ1n) is 10.1. The summed E-state index contributed by atoms with van der Waals surface area (Å²) >= 11 is 0. The number of hydrogen-bond acceptors (Lipinski definition) is 0. The first-order chi connectivity index (χ1) is 13.9. The summed E-state index contributed by atoms with van der Waals surface area (Å²) in [6.07, 6.45) is 2.10. The van der Waals surface area contributed by atoms with Crippen molar-refractivity contribution in [1.82, 2.24) is 0 Å². The molecule has 0 unspecified atom stereocenters. The van der Waals surface area contributed by atoms with Crippen LogP contribution in [0.25, 0.3) is 0 Å². The second kappa shape index (κ2) is 7.13. The van der Waals surface area contributed by atoms with Crippen LogP contribution in [-0.4, -0.2) is 0 Å². The van der Waals surface area contributed by atoms with Crippen molar-refractivity contribution < 1.29 is 0 Å². The van der Waals surface area contributed by atoms with E-state index in [1.165, 1.54) is 27.8 Å². The quantitative estimate of drug-likeness (QED) is 0.387. The Bertz CT molecular complexity index is 1050. The fraction of sp³-hybridized carbons (Fsp3) is 0.143. The van der Waals surface area contributed by atoms with Gasteiger partial charge in [0.2, 0.25) is 0 Å². The molecule has 0 heteroatoms. The monoisotopic (exact) mass is 360 g/mol. The molecule has 4 aromatic rings. The Labute approximate surface area is 167 Å². The second-order valence-corrected chi connectivity index (χ2v) is 7.90. The van der Waals surface area contributed by atoms with Gasteiger partial charge in [-0.25, -0.2) is 0 Å². The van der Waals surface area contributed by atoms with Gasteiger partial charge < -0.3 is 0 Å². The summed E-state index contributed by atoms with van der Waals surface area (Å²) in [4.78, 5) is 0. The Morgan fingerprint density at radius 1 is 0.607 bits per heavy atom. The van der Waals surface area contributed by atoms with Crippen molar-refractivity contribution in [3.05, 3.63) is 143 Å². The van der Waals surface area contributed by atoms with Gasteiger partial charge in [-0.1, -0.05) is 115 Å². The highest BCUT2D eigenvalue weighted by Gasteiger charge is 2.47. The zero-order valence-corrected chi connectivity index (χ0v) is 16.0. The fourth-order valence-electron chi connectivity index (χ4n) is 5.13. The van der Waals surface area contributed by atoms with Gasteiger partial charge in [-0.05, 0) is 40.7 Å². The molecule has 0 aliphatic heterocycles. The molecule has 1 aliphatic rings. The standard InChI is InChI=1S/C28H24/c1-4-12-22(13-5-1)20-28(25-17-8-3-9-18-25)21-24-16-10-11-19-26(24)27(28)23-14-6-2-7-15-23/h1-19,27H,20-21H2/t27-,28+/m0/s1. The fourth-order valence-corrected chi connectivity index (χ4v) is 5.13. The van der Waals surface area contributed by atoms with E-state index in [4.69, 9.17) is 0 Å². The Morgan fingerprint density at radius 3 is 1.89 bits per heavy atom. The molecule has 1 aliphatic carbocycles. The van der Waals surface area contributed by atoms with E-state index in [2.05, 4.69) is 115 Å². The van der Waals surface area contributed by atoms with Gasteiger partial charge in [0, 0.05) is 11.3 Å². The third kappa shape index (κ3) is 2.86. The molecular formula is C28H24. The minimum absolute atomic E-state index is 0.0215. The number of fused-ring (bicyclic) bond motifs is 1. The Hall–Kier alpha value is -3.12. The van der Waals surface area contributed by atoms with Crippen LogP contribution in [-0.2, 0) is 18.3 Å². The largest absolute Gasteiger partial charge is 0.0622 e. The third-order valence-electron chi connectivity index (χ3n) is 6.27. The van der Waals surface area contributed by atoms with Crippen LogP contribution in [0.2, 0.25) is 0 Å². The molecule has 4 aromatic carbocycles.